The number of anilines is 1. The van der Waals surface area contributed by atoms with Crippen molar-refractivity contribution in [3.05, 3.63) is 40.4 Å². The van der Waals surface area contributed by atoms with Crippen LogP contribution in [0.4, 0.5) is 5.69 Å². The van der Waals surface area contributed by atoms with Crippen LogP contribution in [0.25, 0.3) is 0 Å². The first-order valence-electron chi connectivity index (χ1n) is 5.64. The van der Waals surface area contributed by atoms with Crippen LogP contribution in [0.5, 0.6) is 0 Å². The quantitative estimate of drug-likeness (QED) is 0.929. The lowest BCUT2D eigenvalue weighted by molar-refractivity contribution is 0.509. The first-order chi connectivity index (χ1) is 8.56. The SMILES string of the molecule is CC(C)n1ncnc1CNc1cc(Cl)cc(Cl)c1. The predicted octanol–water partition coefficient (Wildman–Crippen LogP) is 3.78. The number of nitrogens with one attached hydrogen (secondary N) is 1. The third-order valence-corrected chi connectivity index (χ3v) is 2.89. The van der Waals surface area contributed by atoms with E-state index in [0.29, 0.717) is 16.6 Å². The van der Waals surface area contributed by atoms with Crippen molar-refractivity contribution in [3.8, 4) is 0 Å². The largest absolute Gasteiger partial charge is 0.378 e. The maximum atomic E-state index is 5.93. The van der Waals surface area contributed by atoms with E-state index in [0.717, 1.165) is 11.5 Å². The Balaban J connectivity index is 2.09. The molecule has 0 fully saturated rings. The highest BCUT2D eigenvalue weighted by molar-refractivity contribution is 6.35. The van der Waals surface area contributed by atoms with Gasteiger partial charge in [-0.05, 0) is 32.0 Å². The summed E-state index contributed by atoms with van der Waals surface area (Å²) in [6.07, 6.45) is 1.56. The minimum absolute atomic E-state index is 0.284. The highest BCUT2D eigenvalue weighted by Gasteiger charge is 2.07. The number of nitrogens with zero attached hydrogens (tertiary/aromatic N) is 3. The Labute approximate surface area is 116 Å². The zero-order valence-electron chi connectivity index (χ0n) is 10.2. The van der Waals surface area contributed by atoms with Gasteiger partial charge in [0.2, 0.25) is 0 Å². The average molecular weight is 285 g/mol. The molecular weight excluding hydrogens is 271 g/mol. The van der Waals surface area contributed by atoms with Gasteiger partial charge in [-0.1, -0.05) is 23.2 Å². The molecule has 0 saturated heterocycles. The standard InChI is InChI=1S/C12H14Cl2N4/c1-8(2)18-12(16-7-17-18)6-15-11-4-9(13)3-10(14)5-11/h3-5,7-8,15H,6H2,1-2H3. The highest BCUT2D eigenvalue weighted by Crippen LogP contribution is 2.22. The summed E-state index contributed by atoms with van der Waals surface area (Å²) in [5.74, 6) is 0.876. The van der Waals surface area contributed by atoms with Crippen molar-refractivity contribution in [1.82, 2.24) is 14.8 Å². The smallest absolute Gasteiger partial charge is 0.146 e. The van der Waals surface area contributed by atoms with Crippen LogP contribution in [0.2, 0.25) is 10.0 Å². The Kier molecular flexibility index (Phi) is 4.09. The number of aromatic nitrogens is 3. The van der Waals surface area contributed by atoms with E-state index in [1.807, 2.05) is 16.8 Å². The molecule has 0 amide bonds. The van der Waals surface area contributed by atoms with Gasteiger partial charge < -0.3 is 5.32 Å². The van der Waals surface area contributed by atoms with Gasteiger partial charge in [0.15, 0.2) is 0 Å². The second-order valence-electron chi connectivity index (χ2n) is 4.23. The monoisotopic (exact) mass is 284 g/mol. The van der Waals surface area contributed by atoms with Crippen molar-refractivity contribution in [1.29, 1.82) is 0 Å². The Hall–Kier alpha value is -1.26. The van der Waals surface area contributed by atoms with Gasteiger partial charge >= 0.3 is 0 Å². The van der Waals surface area contributed by atoms with E-state index in [-0.39, 0.29) is 6.04 Å². The van der Waals surface area contributed by atoms with Crippen LogP contribution in [-0.2, 0) is 6.54 Å². The van der Waals surface area contributed by atoms with Crippen LogP contribution in [0.1, 0.15) is 25.7 Å². The lowest BCUT2D eigenvalue weighted by Gasteiger charge is -2.11. The molecule has 0 atom stereocenters. The molecule has 2 rings (SSSR count). The molecule has 2 aromatic rings. The van der Waals surface area contributed by atoms with Gasteiger partial charge in [0.25, 0.3) is 0 Å². The van der Waals surface area contributed by atoms with Crippen molar-refractivity contribution < 1.29 is 0 Å². The summed E-state index contributed by atoms with van der Waals surface area (Å²) in [7, 11) is 0. The normalized spacial score (nSPS) is 10.9. The second kappa shape index (κ2) is 5.59. The molecule has 1 N–H and O–H groups in total. The van der Waals surface area contributed by atoms with E-state index in [2.05, 4.69) is 29.2 Å². The number of hydrogen-bond acceptors (Lipinski definition) is 3. The molecule has 4 nitrogen and oxygen atoms in total. The summed E-state index contributed by atoms with van der Waals surface area (Å²) in [5.41, 5.74) is 0.866. The molecule has 6 heteroatoms. The third kappa shape index (κ3) is 3.15. The topological polar surface area (TPSA) is 42.7 Å². The molecule has 0 unspecified atom stereocenters. The van der Waals surface area contributed by atoms with Gasteiger partial charge in [0.1, 0.15) is 12.2 Å². The molecule has 0 aliphatic carbocycles. The zero-order valence-corrected chi connectivity index (χ0v) is 11.7. The first kappa shape index (κ1) is 13.2. The van der Waals surface area contributed by atoms with Crippen LogP contribution in [0.15, 0.2) is 24.5 Å². The Morgan fingerprint density at radius 1 is 1.22 bits per heavy atom. The van der Waals surface area contributed by atoms with E-state index < -0.39 is 0 Å². The number of hydrogen-bond donors (Lipinski definition) is 1. The zero-order chi connectivity index (χ0) is 13.1. The van der Waals surface area contributed by atoms with Crippen LogP contribution >= 0.6 is 23.2 Å². The average Bonchev–Trinajstić information content (AvgIpc) is 2.73. The van der Waals surface area contributed by atoms with Crippen molar-refractivity contribution in [2.75, 3.05) is 5.32 Å². The summed E-state index contributed by atoms with van der Waals surface area (Å²) < 4.78 is 1.87. The van der Waals surface area contributed by atoms with Crippen molar-refractivity contribution >= 4 is 28.9 Å². The molecule has 0 aliphatic rings. The first-order valence-corrected chi connectivity index (χ1v) is 6.40. The van der Waals surface area contributed by atoms with E-state index >= 15 is 0 Å². The summed E-state index contributed by atoms with van der Waals surface area (Å²) in [5, 5.41) is 8.62. The fraction of sp³-hybridized carbons (Fsp3) is 0.333. The van der Waals surface area contributed by atoms with Crippen molar-refractivity contribution in [2.24, 2.45) is 0 Å². The molecule has 0 saturated carbocycles. The summed E-state index contributed by atoms with van der Waals surface area (Å²) in [4.78, 5) is 4.22. The fourth-order valence-electron chi connectivity index (χ4n) is 1.67. The molecule has 0 aliphatic heterocycles. The molecule has 18 heavy (non-hydrogen) atoms. The molecule has 1 aromatic carbocycles. The fourth-order valence-corrected chi connectivity index (χ4v) is 2.19. The van der Waals surface area contributed by atoms with Gasteiger partial charge in [-0.2, -0.15) is 5.10 Å². The molecular formula is C12H14Cl2N4. The summed E-state index contributed by atoms with van der Waals surface area (Å²) >= 11 is 11.9. The Bertz CT molecular complexity index is 516. The van der Waals surface area contributed by atoms with Crippen molar-refractivity contribution in [2.45, 2.75) is 26.4 Å². The molecule has 1 aromatic heterocycles. The number of halogens is 2. The lowest BCUT2D eigenvalue weighted by Crippen LogP contribution is -2.12. The number of rotatable bonds is 4. The van der Waals surface area contributed by atoms with E-state index in [1.165, 1.54) is 0 Å². The van der Waals surface area contributed by atoms with Gasteiger partial charge in [0, 0.05) is 21.8 Å². The Morgan fingerprint density at radius 2 is 1.89 bits per heavy atom. The molecule has 1 heterocycles. The van der Waals surface area contributed by atoms with Crippen molar-refractivity contribution in [3.63, 3.8) is 0 Å². The van der Waals surface area contributed by atoms with Gasteiger partial charge in [-0.15, -0.1) is 0 Å². The molecule has 96 valence electrons. The predicted molar refractivity (Wildman–Crippen MR) is 74.2 cm³/mol. The maximum Gasteiger partial charge on any atom is 0.146 e. The summed E-state index contributed by atoms with van der Waals surface area (Å²) in [6, 6.07) is 5.63. The van der Waals surface area contributed by atoms with E-state index in [4.69, 9.17) is 23.2 Å². The lowest BCUT2D eigenvalue weighted by atomic mass is 10.3. The minimum atomic E-state index is 0.284. The summed E-state index contributed by atoms with van der Waals surface area (Å²) in [6.45, 7) is 4.71. The van der Waals surface area contributed by atoms with E-state index in [1.54, 1.807) is 12.4 Å². The van der Waals surface area contributed by atoms with Gasteiger partial charge in [-0.3, -0.25) is 0 Å². The third-order valence-electron chi connectivity index (χ3n) is 2.45. The molecule has 0 spiro atoms. The van der Waals surface area contributed by atoms with Crippen LogP contribution in [0, 0.1) is 0 Å². The molecule has 0 bridgehead atoms. The van der Waals surface area contributed by atoms with E-state index in [9.17, 15) is 0 Å². The number of benzene rings is 1. The van der Waals surface area contributed by atoms with Gasteiger partial charge in [0.05, 0.1) is 6.54 Å². The second-order valence-corrected chi connectivity index (χ2v) is 5.10. The van der Waals surface area contributed by atoms with Crippen LogP contribution in [-0.4, -0.2) is 14.8 Å². The molecule has 0 radical (unpaired) electrons. The Morgan fingerprint density at radius 3 is 2.50 bits per heavy atom. The minimum Gasteiger partial charge on any atom is -0.378 e. The van der Waals surface area contributed by atoms with Crippen LogP contribution < -0.4 is 5.32 Å². The highest BCUT2D eigenvalue weighted by atomic mass is 35.5. The maximum absolute atomic E-state index is 5.93. The van der Waals surface area contributed by atoms with Gasteiger partial charge in [-0.25, -0.2) is 9.67 Å². The van der Waals surface area contributed by atoms with Crippen LogP contribution in [0.3, 0.4) is 0 Å².